The predicted octanol–water partition coefficient (Wildman–Crippen LogP) is 5.40. The standard InChI is InChI=1S/C9H17N3.C7H10.C2H6/c1-3-4-5-6-9(2)7-11-8-12-10;1-7-5-3-2-4-6-7;1-2/h6-8H,3-5,10H2,1-2H3;2-3,5H,4,6H2,1H3;1-2H3/b9-6+,11-7+,12-8-;;. The van der Waals surface area contributed by atoms with Gasteiger partial charge in [0.1, 0.15) is 6.34 Å². The first-order chi connectivity index (χ1) is 10.2. The molecule has 0 saturated heterocycles. The quantitative estimate of drug-likeness (QED) is 0.238. The van der Waals surface area contributed by atoms with Crippen LogP contribution in [0.2, 0.25) is 0 Å². The molecule has 0 spiro atoms. The van der Waals surface area contributed by atoms with Crippen molar-refractivity contribution in [2.24, 2.45) is 15.9 Å². The lowest BCUT2D eigenvalue weighted by Crippen LogP contribution is -1.82. The number of allylic oxidation sites excluding steroid dienone is 6. The number of aliphatic imine (C=N–C) groups is 1. The summed E-state index contributed by atoms with van der Waals surface area (Å²) in [5, 5.41) is 3.25. The van der Waals surface area contributed by atoms with Gasteiger partial charge in [-0.25, -0.2) is 4.99 Å². The van der Waals surface area contributed by atoms with E-state index in [1.54, 1.807) is 6.21 Å². The fourth-order valence-corrected chi connectivity index (χ4v) is 1.50. The van der Waals surface area contributed by atoms with Crippen molar-refractivity contribution >= 4 is 12.6 Å². The third kappa shape index (κ3) is 18.4. The van der Waals surface area contributed by atoms with E-state index in [9.17, 15) is 0 Å². The molecule has 0 bridgehead atoms. The van der Waals surface area contributed by atoms with E-state index >= 15 is 0 Å². The summed E-state index contributed by atoms with van der Waals surface area (Å²) in [6.45, 7) is 10.4. The maximum absolute atomic E-state index is 4.87. The summed E-state index contributed by atoms with van der Waals surface area (Å²) < 4.78 is 0. The lowest BCUT2D eigenvalue weighted by Gasteiger charge is -1.98. The highest BCUT2D eigenvalue weighted by atomic mass is 15.1. The smallest absolute Gasteiger partial charge is 0.134 e. The number of hydrogen-bond donors (Lipinski definition) is 1. The summed E-state index contributed by atoms with van der Waals surface area (Å²) in [5.74, 6) is 4.87. The minimum atomic E-state index is 1.12. The minimum Gasteiger partial charge on any atom is -0.322 e. The highest BCUT2D eigenvalue weighted by molar-refractivity contribution is 5.84. The van der Waals surface area contributed by atoms with Gasteiger partial charge in [-0.3, -0.25) is 0 Å². The molecule has 21 heavy (non-hydrogen) atoms. The molecule has 2 N–H and O–H groups in total. The summed E-state index contributed by atoms with van der Waals surface area (Å²) in [7, 11) is 0. The summed E-state index contributed by atoms with van der Waals surface area (Å²) in [5.41, 5.74) is 2.66. The Kier molecular flexibility index (Phi) is 18.9. The Balaban J connectivity index is 0. The van der Waals surface area contributed by atoms with E-state index in [0.29, 0.717) is 0 Å². The number of rotatable bonds is 5. The summed E-state index contributed by atoms with van der Waals surface area (Å²) in [6, 6.07) is 0. The van der Waals surface area contributed by atoms with Gasteiger partial charge in [0.25, 0.3) is 0 Å². The first kappa shape index (κ1) is 21.7. The van der Waals surface area contributed by atoms with Gasteiger partial charge in [-0.1, -0.05) is 63.5 Å². The van der Waals surface area contributed by atoms with Crippen molar-refractivity contribution in [1.29, 1.82) is 0 Å². The van der Waals surface area contributed by atoms with E-state index < -0.39 is 0 Å². The van der Waals surface area contributed by atoms with Gasteiger partial charge >= 0.3 is 0 Å². The second-order valence-corrected chi connectivity index (χ2v) is 4.61. The highest BCUT2D eigenvalue weighted by Gasteiger charge is 1.88. The molecule has 1 rings (SSSR count). The van der Waals surface area contributed by atoms with Crippen LogP contribution in [0.25, 0.3) is 0 Å². The Morgan fingerprint density at radius 2 is 2.10 bits per heavy atom. The van der Waals surface area contributed by atoms with Crippen LogP contribution in [0.15, 0.2) is 45.5 Å². The molecule has 0 atom stereocenters. The van der Waals surface area contributed by atoms with Crippen molar-refractivity contribution in [3.63, 3.8) is 0 Å². The number of hydrogen-bond acceptors (Lipinski definition) is 2. The zero-order valence-corrected chi connectivity index (χ0v) is 14.5. The van der Waals surface area contributed by atoms with Crippen molar-refractivity contribution in [1.82, 2.24) is 0 Å². The van der Waals surface area contributed by atoms with Crippen LogP contribution in [-0.4, -0.2) is 12.6 Å². The van der Waals surface area contributed by atoms with E-state index in [-0.39, 0.29) is 0 Å². The fraction of sp³-hybridized carbons (Fsp3) is 0.556. The van der Waals surface area contributed by atoms with Gasteiger partial charge < -0.3 is 5.84 Å². The molecule has 0 heterocycles. The van der Waals surface area contributed by atoms with E-state index in [4.69, 9.17) is 5.84 Å². The van der Waals surface area contributed by atoms with Crippen molar-refractivity contribution in [3.05, 3.63) is 35.5 Å². The number of nitrogens with zero attached hydrogens (tertiary/aromatic N) is 2. The lowest BCUT2D eigenvalue weighted by atomic mass is 10.1. The summed E-state index contributed by atoms with van der Waals surface area (Å²) in [6.07, 6.45) is 17.8. The molecule has 1 aliphatic carbocycles. The maximum Gasteiger partial charge on any atom is 0.134 e. The summed E-state index contributed by atoms with van der Waals surface area (Å²) in [4.78, 5) is 3.86. The molecule has 0 fully saturated rings. The SMILES string of the molecule is CC.CC1=CC=CCC1.CCCC/C=C(C)/C=N/C=N\N. The van der Waals surface area contributed by atoms with Gasteiger partial charge in [-0.05, 0) is 38.7 Å². The Morgan fingerprint density at radius 1 is 1.38 bits per heavy atom. The van der Waals surface area contributed by atoms with Gasteiger partial charge in [0.2, 0.25) is 0 Å². The first-order valence-electron chi connectivity index (χ1n) is 7.94. The van der Waals surface area contributed by atoms with Gasteiger partial charge in [0, 0.05) is 6.21 Å². The maximum atomic E-state index is 4.87. The molecule has 0 amide bonds. The zero-order chi connectivity index (χ0) is 16.3. The minimum absolute atomic E-state index is 1.12. The molecule has 3 nitrogen and oxygen atoms in total. The second kappa shape index (κ2) is 18.4. The van der Waals surface area contributed by atoms with E-state index in [0.717, 1.165) is 12.0 Å². The van der Waals surface area contributed by atoms with E-state index in [2.05, 4.69) is 48.2 Å². The Morgan fingerprint density at radius 3 is 2.52 bits per heavy atom. The van der Waals surface area contributed by atoms with E-state index in [1.807, 2.05) is 20.8 Å². The number of nitrogens with two attached hydrogens (primary N) is 1. The molecular weight excluding hydrogens is 258 g/mol. The monoisotopic (exact) mass is 291 g/mol. The molecule has 120 valence electrons. The highest BCUT2D eigenvalue weighted by Crippen LogP contribution is 2.08. The normalized spacial score (nSPS) is 14.3. The van der Waals surface area contributed by atoms with Crippen LogP contribution >= 0.6 is 0 Å². The molecule has 0 radical (unpaired) electrons. The van der Waals surface area contributed by atoms with Crippen molar-refractivity contribution in [2.45, 2.75) is 66.7 Å². The molecule has 0 aromatic carbocycles. The van der Waals surface area contributed by atoms with Crippen LogP contribution in [0.4, 0.5) is 0 Å². The first-order valence-corrected chi connectivity index (χ1v) is 7.94. The van der Waals surface area contributed by atoms with Crippen molar-refractivity contribution < 1.29 is 0 Å². The third-order valence-electron chi connectivity index (χ3n) is 2.66. The van der Waals surface area contributed by atoms with Crippen molar-refractivity contribution in [3.8, 4) is 0 Å². The average molecular weight is 291 g/mol. The Bertz CT molecular complexity index is 361. The number of unbranched alkanes of at least 4 members (excludes halogenated alkanes) is 2. The molecule has 0 aromatic rings. The second-order valence-electron chi connectivity index (χ2n) is 4.61. The zero-order valence-electron chi connectivity index (χ0n) is 14.5. The fourth-order valence-electron chi connectivity index (χ4n) is 1.50. The third-order valence-corrected chi connectivity index (χ3v) is 2.66. The number of hydrazone groups is 1. The Hall–Kier alpha value is -1.64. The van der Waals surface area contributed by atoms with Gasteiger partial charge in [0.15, 0.2) is 0 Å². The largest absolute Gasteiger partial charge is 0.322 e. The molecule has 0 aliphatic heterocycles. The molecular formula is C18H33N3. The Labute approximate surface area is 131 Å². The molecule has 0 aromatic heterocycles. The molecule has 0 saturated carbocycles. The molecule has 3 heteroatoms. The van der Waals surface area contributed by atoms with Gasteiger partial charge in [-0.15, -0.1) is 0 Å². The van der Waals surface area contributed by atoms with Crippen LogP contribution in [0.3, 0.4) is 0 Å². The average Bonchev–Trinajstić information content (AvgIpc) is 2.51. The lowest BCUT2D eigenvalue weighted by molar-refractivity contribution is 0.813. The summed E-state index contributed by atoms with van der Waals surface area (Å²) >= 11 is 0. The van der Waals surface area contributed by atoms with Crippen LogP contribution < -0.4 is 5.84 Å². The molecule has 1 aliphatic rings. The van der Waals surface area contributed by atoms with Gasteiger partial charge in [-0.2, -0.15) is 5.10 Å². The van der Waals surface area contributed by atoms with Crippen LogP contribution in [-0.2, 0) is 0 Å². The van der Waals surface area contributed by atoms with E-state index in [1.165, 1.54) is 37.6 Å². The molecule has 0 unspecified atom stereocenters. The van der Waals surface area contributed by atoms with Crippen LogP contribution in [0, 0.1) is 0 Å². The predicted molar refractivity (Wildman–Crippen MR) is 97.9 cm³/mol. The topological polar surface area (TPSA) is 50.7 Å². The van der Waals surface area contributed by atoms with Crippen molar-refractivity contribution in [2.75, 3.05) is 0 Å². The van der Waals surface area contributed by atoms with Crippen LogP contribution in [0.5, 0.6) is 0 Å². The van der Waals surface area contributed by atoms with Gasteiger partial charge in [0.05, 0.1) is 0 Å². The van der Waals surface area contributed by atoms with Crippen LogP contribution in [0.1, 0.15) is 66.7 Å².